The highest BCUT2D eigenvalue weighted by Gasteiger charge is 2.41. The minimum atomic E-state index is -0.419. The SMILES string of the molecule is CN(C(=O)CN1CC(C)(c2ccc(Cl)cc2)C(c2ccc(Cl)cc2)=N1)c1ccc(Cl)cc1. The number of carbonyl (C=O) groups is 1. The van der Waals surface area contributed by atoms with Crippen molar-refractivity contribution < 1.29 is 4.79 Å². The van der Waals surface area contributed by atoms with Crippen molar-refractivity contribution in [3.8, 4) is 0 Å². The molecular formula is C25H22Cl3N3O. The number of anilines is 1. The summed E-state index contributed by atoms with van der Waals surface area (Å²) < 4.78 is 0. The molecule has 1 aliphatic rings. The van der Waals surface area contributed by atoms with Gasteiger partial charge in [0.05, 0.1) is 17.7 Å². The monoisotopic (exact) mass is 485 g/mol. The lowest BCUT2D eigenvalue weighted by Crippen LogP contribution is -2.40. The Kier molecular flexibility index (Phi) is 6.47. The van der Waals surface area contributed by atoms with Crippen LogP contribution < -0.4 is 4.90 Å². The molecule has 7 heteroatoms. The lowest BCUT2D eigenvalue weighted by Gasteiger charge is -2.28. The smallest absolute Gasteiger partial charge is 0.248 e. The number of likely N-dealkylation sites (N-methyl/N-ethyl adjacent to an activating group) is 1. The highest BCUT2D eigenvalue weighted by atomic mass is 35.5. The van der Waals surface area contributed by atoms with E-state index in [0.29, 0.717) is 21.6 Å². The molecule has 1 atom stereocenters. The van der Waals surface area contributed by atoms with Crippen molar-refractivity contribution >= 4 is 52.1 Å². The van der Waals surface area contributed by atoms with E-state index in [4.69, 9.17) is 39.9 Å². The maximum Gasteiger partial charge on any atom is 0.248 e. The first-order valence-electron chi connectivity index (χ1n) is 10.1. The van der Waals surface area contributed by atoms with Crippen molar-refractivity contribution in [1.29, 1.82) is 0 Å². The second-order valence-corrected chi connectivity index (χ2v) is 9.36. The molecule has 0 fully saturated rings. The van der Waals surface area contributed by atoms with Crippen LogP contribution in [0.2, 0.25) is 15.1 Å². The first-order chi connectivity index (χ1) is 15.3. The molecule has 164 valence electrons. The van der Waals surface area contributed by atoms with Gasteiger partial charge >= 0.3 is 0 Å². The molecule has 4 rings (SSSR count). The minimum Gasteiger partial charge on any atom is -0.314 e. The minimum absolute atomic E-state index is 0.0631. The van der Waals surface area contributed by atoms with Gasteiger partial charge in [-0.05, 0) is 66.6 Å². The Morgan fingerprint density at radius 2 is 1.41 bits per heavy atom. The number of amides is 1. The van der Waals surface area contributed by atoms with Crippen LogP contribution in [-0.2, 0) is 10.2 Å². The van der Waals surface area contributed by atoms with Crippen molar-refractivity contribution in [3.63, 3.8) is 0 Å². The summed E-state index contributed by atoms with van der Waals surface area (Å²) in [6.45, 7) is 2.85. The number of benzene rings is 3. The van der Waals surface area contributed by atoms with Gasteiger partial charge in [-0.1, -0.05) is 59.1 Å². The topological polar surface area (TPSA) is 35.9 Å². The fourth-order valence-electron chi connectivity index (χ4n) is 3.92. The molecule has 1 unspecified atom stereocenters. The van der Waals surface area contributed by atoms with E-state index in [1.54, 1.807) is 24.1 Å². The Labute approximate surface area is 203 Å². The zero-order valence-corrected chi connectivity index (χ0v) is 20.0. The summed E-state index contributed by atoms with van der Waals surface area (Å²) in [5, 5.41) is 8.67. The molecule has 32 heavy (non-hydrogen) atoms. The Hall–Kier alpha value is -2.53. The maximum absolute atomic E-state index is 13.0. The van der Waals surface area contributed by atoms with Crippen LogP contribution in [0, 0.1) is 0 Å². The number of hydrazone groups is 1. The molecule has 1 heterocycles. The van der Waals surface area contributed by atoms with Gasteiger partial charge in [0, 0.05) is 27.8 Å². The van der Waals surface area contributed by atoms with Gasteiger partial charge < -0.3 is 4.90 Å². The standard InChI is InChI=1S/C25H22Cl3N3O/c1-25(18-5-9-20(27)10-6-18)16-31(29-24(25)17-3-7-19(26)8-4-17)15-23(32)30(2)22-13-11-21(28)12-14-22/h3-14H,15-16H2,1-2H3. The largest absolute Gasteiger partial charge is 0.314 e. The van der Waals surface area contributed by atoms with Crippen molar-refractivity contribution in [1.82, 2.24) is 5.01 Å². The van der Waals surface area contributed by atoms with E-state index in [9.17, 15) is 4.79 Å². The predicted octanol–water partition coefficient (Wildman–Crippen LogP) is 6.29. The summed E-state index contributed by atoms with van der Waals surface area (Å²) in [6, 6.07) is 22.6. The zero-order valence-electron chi connectivity index (χ0n) is 17.7. The van der Waals surface area contributed by atoms with Gasteiger partial charge in [-0.25, -0.2) is 0 Å². The van der Waals surface area contributed by atoms with E-state index in [-0.39, 0.29) is 12.5 Å². The Morgan fingerprint density at radius 3 is 1.97 bits per heavy atom. The molecule has 0 N–H and O–H groups in total. The van der Waals surface area contributed by atoms with Gasteiger partial charge in [0.1, 0.15) is 6.54 Å². The van der Waals surface area contributed by atoms with E-state index < -0.39 is 5.41 Å². The van der Waals surface area contributed by atoms with Crippen LogP contribution in [0.15, 0.2) is 77.9 Å². The normalized spacial score (nSPS) is 17.9. The summed E-state index contributed by atoms with van der Waals surface area (Å²) in [6.07, 6.45) is 0. The highest BCUT2D eigenvalue weighted by molar-refractivity contribution is 6.31. The molecule has 3 aromatic carbocycles. The molecule has 0 spiro atoms. The predicted molar refractivity (Wildman–Crippen MR) is 133 cm³/mol. The number of carbonyl (C=O) groups excluding carboxylic acids is 1. The summed E-state index contributed by atoms with van der Waals surface area (Å²) in [4.78, 5) is 14.6. The molecule has 0 bridgehead atoms. The number of halogens is 3. The first-order valence-corrected chi connectivity index (χ1v) is 11.3. The van der Waals surface area contributed by atoms with Crippen LogP contribution in [-0.4, -0.2) is 36.8 Å². The van der Waals surface area contributed by atoms with Crippen molar-refractivity contribution in [2.75, 3.05) is 25.0 Å². The molecule has 1 aliphatic heterocycles. The van der Waals surface area contributed by atoms with Crippen LogP contribution in [0.4, 0.5) is 5.69 Å². The molecule has 0 radical (unpaired) electrons. The second-order valence-electron chi connectivity index (χ2n) is 8.05. The summed E-state index contributed by atoms with van der Waals surface area (Å²) >= 11 is 18.2. The number of nitrogens with zero attached hydrogens (tertiary/aromatic N) is 3. The van der Waals surface area contributed by atoms with E-state index >= 15 is 0 Å². The highest BCUT2D eigenvalue weighted by Crippen LogP contribution is 2.36. The lowest BCUT2D eigenvalue weighted by molar-refractivity contribution is -0.119. The molecule has 0 saturated heterocycles. The van der Waals surface area contributed by atoms with Gasteiger partial charge in [0.25, 0.3) is 0 Å². The van der Waals surface area contributed by atoms with Gasteiger partial charge in [-0.3, -0.25) is 9.80 Å². The fraction of sp³-hybridized carbons (Fsp3) is 0.200. The van der Waals surface area contributed by atoms with E-state index in [2.05, 4.69) is 6.92 Å². The summed E-state index contributed by atoms with van der Waals surface area (Å²) in [7, 11) is 1.75. The number of rotatable bonds is 5. The molecule has 0 aromatic heterocycles. The number of hydrogen-bond donors (Lipinski definition) is 0. The maximum atomic E-state index is 13.0. The van der Waals surface area contributed by atoms with Crippen LogP contribution in [0.25, 0.3) is 0 Å². The molecule has 0 aliphatic carbocycles. The number of hydrogen-bond acceptors (Lipinski definition) is 3. The van der Waals surface area contributed by atoms with E-state index in [1.165, 1.54) is 0 Å². The van der Waals surface area contributed by atoms with Crippen LogP contribution in [0.3, 0.4) is 0 Å². The third kappa shape index (κ3) is 4.63. The first kappa shape index (κ1) is 22.7. The molecule has 3 aromatic rings. The van der Waals surface area contributed by atoms with Crippen LogP contribution in [0.1, 0.15) is 18.1 Å². The van der Waals surface area contributed by atoms with E-state index in [1.807, 2.05) is 65.7 Å². The zero-order chi connectivity index (χ0) is 22.9. The van der Waals surface area contributed by atoms with E-state index in [0.717, 1.165) is 22.5 Å². The second kappa shape index (κ2) is 9.14. The van der Waals surface area contributed by atoms with Crippen molar-refractivity contribution in [3.05, 3.63) is 99.0 Å². The fourth-order valence-corrected chi connectivity index (χ4v) is 4.30. The van der Waals surface area contributed by atoms with Gasteiger partial charge in [0.15, 0.2) is 0 Å². The Bertz CT molecular complexity index is 1140. The van der Waals surface area contributed by atoms with Gasteiger partial charge in [0.2, 0.25) is 5.91 Å². The summed E-state index contributed by atoms with van der Waals surface area (Å²) in [5.74, 6) is -0.0631. The Balaban J connectivity index is 1.63. The average molecular weight is 487 g/mol. The quantitative estimate of drug-likeness (QED) is 0.425. The van der Waals surface area contributed by atoms with Crippen molar-refractivity contribution in [2.24, 2.45) is 5.10 Å². The molecule has 1 amide bonds. The third-order valence-corrected chi connectivity index (χ3v) is 6.52. The molecule has 4 nitrogen and oxygen atoms in total. The van der Waals surface area contributed by atoms with Crippen molar-refractivity contribution in [2.45, 2.75) is 12.3 Å². The third-order valence-electron chi connectivity index (χ3n) is 5.77. The van der Waals surface area contributed by atoms with Crippen LogP contribution in [0.5, 0.6) is 0 Å². The van der Waals surface area contributed by atoms with Gasteiger partial charge in [-0.2, -0.15) is 5.10 Å². The molecule has 0 saturated carbocycles. The Morgan fingerprint density at radius 1 is 0.906 bits per heavy atom. The summed E-state index contributed by atoms with van der Waals surface area (Å²) in [5.41, 5.74) is 3.29. The average Bonchev–Trinajstić information content (AvgIpc) is 3.11. The molecular weight excluding hydrogens is 465 g/mol. The van der Waals surface area contributed by atoms with Gasteiger partial charge in [-0.15, -0.1) is 0 Å². The van der Waals surface area contributed by atoms with Crippen LogP contribution >= 0.6 is 34.8 Å². The lowest BCUT2D eigenvalue weighted by atomic mass is 9.76.